The molecule has 23 heavy (non-hydrogen) atoms. The standard InChI is InChI=1S/C18H19ClN4/c19-14-9-7-13(8-10-14)17-22-16-6-2-1-5-15(16)18(23-17)21-12-4-3-11-20/h1-2,5-10H,3-4,11-12,20H2,(H,21,22,23). The van der Waals surface area contributed by atoms with Crippen molar-refractivity contribution in [3.63, 3.8) is 0 Å². The lowest BCUT2D eigenvalue weighted by Crippen LogP contribution is -2.08. The van der Waals surface area contributed by atoms with Gasteiger partial charge in [0, 0.05) is 22.5 Å². The normalized spacial score (nSPS) is 10.9. The van der Waals surface area contributed by atoms with Crippen molar-refractivity contribution < 1.29 is 0 Å². The van der Waals surface area contributed by atoms with Gasteiger partial charge in [0.2, 0.25) is 0 Å². The number of para-hydroxylation sites is 1. The summed E-state index contributed by atoms with van der Waals surface area (Å²) in [5.74, 6) is 1.55. The Hall–Kier alpha value is -2.17. The Morgan fingerprint density at radius 2 is 1.74 bits per heavy atom. The summed E-state index contributed by atoms with van der Waals surface area (Å²) in [5, 5.41) is 5.14. The molecule has 0 saturated heterocycles. The van der Waals surface area contributed by atoms with Crippen LogP contribution in [0.3, 0.4) is 0 Å². The highest BCUT2D eigenvalue weighted by Gasteiger charge is 2.09. The molecule has 0 aliphatic rings. The Morgan fingerprint density at radius 3 is 2.52 bits per heavy atom. The summed E-state index contributed by atoms with van der Waals surface area (Å²) in [4.78, 5) is 9.37. The second-order valence-corrected chi connectivity index (χ2v) is 5.78. The fourth-order valence-corrected chi connectivity index (χ4v) is 2.54. The summed E-state index contributed by atoms with van der Waals surface area (Å²) >= 11 is 5.96. The molecule has 3 rings (SSSR count). The summed E-state index contributed by atoms with van der Waals surface area (Å²) < 4.78 is 0. The van der Waals surface area contributed by atoms with Crippen molar-refractivity contribution in [1.29, 1.82) is 0 Å². The number of benzene rings is 2. The van der Waals surface area contributed by atoms with Gasteiger partial charge >= 0.3 is 0 Å². The third kappa shape index (κ3) is 3.78. The lowest BCUT2D eigenvalue weighted by molar-refractivity contribution is 0.773. The number of nitrogens with one attached hydrogen (secondary N) is 1. The Labute approximate surface area is 140 Å². The van der Waals surface area contributed by atoms with Gasteiger partial charge in [-0.1, -0.05) is 23.7 Å². The fourth-order valence-electron chi connectivity index (χ4n) is 2.42. The monoisotopic (exact) mass is 326 g/mol. The first-order valence-corrected chi connectivity index (χ1v) is 8.12. The predicted molar refractivity (Wildman–Crippen MR) is 96.8 cm³/mol. The third-order valence-electron chi connectivity index (χ3n) is 3.63. The number of unbranched alkanes of at least 4 members (excludes halogenated alkanes) is 1. The maximum atomic E-state index is 5.96. The lowest BCUT2D eigenvalue weighted by Gasteiger charge is -2.11. The first-order chi connectivity index (χ1) is 11.3. The fraction of sp³-hybridized carbons (Fsp3) is 0.222. The molecule has 0 aliphatic heterocycles. The predicted octanol–water partition coefficient (Wildman–Crippen LogP) is 4.10. The van der Waals surface area contributed by atoms with E-state index in [0.717, 1.165) is 41.7 Å². The number of aromatic nitrogens is 2. The van der Waals surface area contributed by atoms with Gasteiger partial charge < -0.3 is 11.1 Å². The number of rotatable bonds is 6. The average molecular weight is 327 g/mol. The Morgan fingerprint density at radius 1 is 0.957 bits per heavy atom. The zero-order valence-electron chi connectivity index (χ0n) is 12.8. The summed E-state index contributed by atoms with van der Waals surface area (Å²) in [6.07, 6.45) is 2.02. The molecule has 0 amide bonds. The Bertz CT molecular complexity index is 787. The largest absolute Gasteiger partial charge is 0.369 e. The summed E-state index contributed by atoms with van der Waals surface area (Å²) in [7, 11) is 0. The molecule has 118 valence electrons. The van der Waals surface area contributed by atoms with E-state index >= 15 is 0 Å². The van der Waals surface area contributed by atoms with Crippen molar-refractivity contribution >= 4 is 28.3 Å². The summed E-state index contributed by atoms with van der Waals surface area (Å²) in [6, 6.07) is 15.6. The molecule has 0 fully saturated rings. The van der Waals surface area contributed by atoms with Gasteiger partial charge in [-0.25, -0.2) is 9.97 Å². The topological polar surface area (TPSA) is 63.8 Å². The van der Waals surface area contributed by atoms with E-state index in [1.807, 2.05) is 48.5 Å². The van der Waals surface area contributed by atoms with Gasteiger partial charge in [0.05, 0.1) is 5.52 Å². The first kappa shape index (κ1) is 15.7. The number of anilines is 1. The van der Waals surface area contributed by atoms with Crippen LogP contribution < -0.4 is 11.1 Å². The van der Waals surface area contributed by atoms with Crippen LogP contribution in [0.25, 0.3) is 22.3 Å². The molecule has 1 heterocycles. The van der Waals surface area contributed by atoms with E-state index in [1.54, 1.807) is 0 Å². The molecule has 1 aromatic heterocycles. The van der Waals surface area contributed by atoms with Crippen molar-refractivity contribution in [2.45, 2.75) is 12.8 Å². The summed E-state index contributed by atoms with van der Waals surface area (Å²) in [5.41, 5.74) is 7.42. The van der Waals surface area contributed by atoms with E-state index in [2.05, 4.69) is 10.3 Å². The van der Waals surface area contributed by atoms with Crippen LogP contribution in [0, 0.1) is 0 Å². The highest BCUT2D eigenvalue weighted by molar-refractivity contribution is 6.30. The van der Waals surface area contributed by atoms with Crippen LogP contribution in [-0.4, -0.2) is 23.1 Å². The molecule has 0 saturated carbocycles. The molecule has 2 aromatic carbocycles. The molecule has 0 aliphatic carbocycles. The summed E-state index contributed by atoms with van der Waals surface area (Å²) in [6.45, 7) is 1.56. The van der Waals surface area contributed by atoms with Gasteiger partial charge in [-0.05, 0) is 55.8 Å². The molecule has 3 aromatic rings. The van der Waals surface area contributed by atoms with Crippen molar-refractivity contribution in [2.75, 3.05) is 18.4 Å². The number of hydrogen-bond acceptors (Lipinski definition) is 4. The van der Waals surface area contributed by atoms with E-state index in [9.17, 15) is 0 Å². The maximum Gasteiger partial charge on any atom is 0.162 e. The Balaban J connectivity index is 1.97. The van der Waals surface area contributed by atoms with Crippen LogP contribution in [0.2, 0.25) is 5.02 Å². The van der Waals surface area contributed by atoms with Gasteiger partial charge in [-0.2, -0.15) is 0 Å². The second kappa shape index (κ2) is 7.40. The van der Waals surface area contributed by atoms with E-state index in [0.29, 0.717) is 17.4 Å². The minimum Gasteiger partial charge on any atom is -0.369 e. The van der Waals surface area contributed by atoms with Gasteiger partial charge in [-0.3, -0.25) is 0 Å². The van der Waals surface area contributed by atoms with E-state index < -0.39 is 0 Å². The smallest absolute Gasteiger partial charge is 0.162 e. The SMILES string of the molecule is NCCCCNc1nc(-c2ccc(Cl)cc2)nc2ccccc12. The van der Waals surface area contributed by atoms with Gasteiger partial charge in [-0.15, -0.1) is 0 Å². The second-order valence-electron chi connectivity index (χ2n) is 5.34. The third-order valence-corrected chi connectivity index (χ3v) is 3.88. The molecule has 5 heteroatoms. The number of halogens is 1. The maximum absolute atomic E-state index is 5.96. The van der Waals surface area contributed by atoms with E-state index in [-0.39, 0.29) is 0 Å². The highest BCUT2D eigenvalue weighted by atomic mass is 35.5. The lowest BCUT2D eigenvalue weighted by atomic mass is 10.2. The molecular weight excluding hydrogens is 308 g/mol. The van der Waals surface area contributed by atoms with Gasteiger partial charge in [0.1, 0.15) is 5.82 Å². The van der Waals surface area contributed by atoms with Crippen molar-refractivity contribution in [1.82, 2.24) is 9.97 Å². The van der Waals surface area contributed by atoms with Crippen LogP contribution in [-0.2, 0) is 0 Å². The molecule has 4 nitrogen and oxygen atoms in total. The quantitative estimate of drug-likeness (QED) is 0.669. The van der Waals surface area contributed by atoms with E-state index in [4.69, 9.17) is 22.3 Å². The molecule has 0 spiro atoms. The van der Waals surface area contributed by atoms with Crippen molar-refractivity contribution in [3.8, 4) is 11.4 Å². The number of nitrogens with zero attached hydrogens (tertiary/aromatic N) is 2. The van der Waals surface area contributed by atoms with Crippen LogP contribution in [0.5, 0.6) is 0 Å². The van der Waals surface area contributed by atoms with Gasteiger partial charge in [0.25, 0.3) is 0 Å². The van der Waals surface area contributed by atoms with E-state index in [1.165, 1.54) is 0 Å². The minimum atomic E-state index is 0.696. The van der Waals surface area contributed by atoms with Crippen LogP contribution in [0.15, 0.2) is 48.5 Å². The Kier molecular flexibility index (Phi) is 5.05. The number of nitrogens with two attached hydrogens (primary N) is 1. The van der Waals surface area contributed by atoms with Crippen LogP contribution in [0.1, 0.15) is 12.8 Å². The number of fused-ring (bicyclic) bond motifs is 1. The van der Waals surface area contributed by atoms with Crippen molar-refractivity contribution in [2.24, 2.45) is 5.73 Å². The molecule has 0 unspecified atom stereocenters. The minimum absolute atomic E-state index is 0.696. The average Bonchev–Trinajstić information content (AvgIpc) is 2.59. The molecule has 0 atom stereocenters. The van der Waals surface area contributed by atoms with Crippen LogP contribution in [0.4, 0.5) is 5.82 Å². The number of hydrogen-bond donors (Lipinski definition) is 2. The molecule has 0 bridgehead atoms. The zero-order chi connectivity index (χ0) is 16.1. The molecular formula is C18H19ClN4. The first-order valence-electron chi connectivity index (χ1n) is 7.74. The highest BCUT2D eigenvalue weighted by Crippen LogP contribution is 2.25. The van der Waals surface area contributed by atoms with Gasteiger partial charge in [0.15, 0.2) is 5.82 Å². The van der Waals surface area contributed by atoms with Crippen molar-refractivity contribution in [3.05, 3.63) is 53.6 Å². The molecule has 0 radical (unpaired) electrons. The molecule has 3 N–H and O–H groups in total. The van der Waals surface area contributed by atoms with Crippen LogP contribution >= 0.6 is 11.6 Å². The zero-order valence-corrected chi connectivity index (χ0v) is 13.6.